The molecule has 1 amide bonds. The van der Waals surface area contributed by atoms with Gasteiger partial charge in [0.25, 0.3) is 0 Å². The van der Waals surface area contributed by atoms with E-state index in [0.717, 1.165) is 24.0 Å². The van der Waals surface area contributed by atoms with Crippen LogP contribution in [0, 0.1) is 23.7 Å². The number of aliphatic hydroxyl groups is 5. The Balaban J connectivity index is 1.43. The number of methoxy groups -OCH3 is 1. The lowest BCUT2D eigenvalue weighted by molar-refractivity contribution is -0.318. The van der Waals surface area contributed by atoms with Gasteiger partial charge in [0.1, 0.15) is 35.4 Å². The number of aryl methyl sites for hydroxylation is 1. The smallest absolute Gasteiger partial charge is 0.311 e. The second kappa shape index (κ2) is 24.7. The van der Waals surface area contributed by atoms with E-state index in [-0.39, 0.29) is 31.5 Å². The number of nitrogens with zero attached hydrogens (tertiary/aromatic N) is 4. The van der Waals surface area contributed by atoms with Crippen LogP contribution >= 0.6 is 0 Å². The number of hydrogen-bond acceptors (Lipinski definition) is 18. The number of cyclic esters (lactones) is 1. The van der Waals surface area contributed by atoms with Crippen molar-refractivity contribution in [1.29, 1.82) is 0 Å². The lowest BCUT2D eigenvalue weighted by atomic mass is 9.74. The number of benzene rings is 1. The molecular formula is C51H83N5O15. The Labute approximate surface area is 418 Å². The maximum atomic E-state index is 14.4. The summed E-state index contributed by atoms with van der Waals surface area (Å²) in [5, 5.41) is 74.9. The van der Waals surface area contributed by atoms with Crippen LogP contribution in [0.3, 0.4) is 0 Å². The van der Waals surface area contributed by atoms with Gasteiger partial charge in [-0.25, -0.2) is 5.48 Å². The van der Waals surface area contributed by atoms with Crippen molar-refractivity contribution in [1.82, 2.24) is 25.4 Å². The predicted molar refractivity (Wildman–Crippen MR) is 258 cm³/mol. The van der Waals surface area contributed by atoms with E-state index in [1.165, 1.54) is 27.9 Å². The molecule has 1 aromatic heterocycles. The number of ether oxygens (including phenoxy) is 6. The Kier molecular flexibility index (Phi) is 20.3. The second-order valence-corrected chi connectivity index (χ2v) is 21.3. The molecule has 18 atom stereocenters. The molecule has 20 heteroatoms. The first-order chi connectivity index (χ1) is 33.3. The van der Waals surface area contributed by atoms with Gasteiger partial charge in [0.15, 0.2) is 12.6 Å². The number of likely N-dealkylation sites (N-methyl/N-ethyl adjacent to an activating group) is 1. The average Bonchev–Trinajstić information content (AvgIpc) is 3.81. The molecule has 3 saturated heterocycles. The maximum Gasteiger partial charge on any atom is 0.311 e. The quantitative estimate of drug-likeness (QED) is 0.0547. The topological polar surface area (TPSA) is 274 Å². The van der Waals surface area contributed by atoms with Crippen molar-refractivity contribution in [2.75, 3.05) is 14.2 Å². The SMILES string of the molecule is CC[C@H]1OC(=O)[C@H](C)[C@@H](O[C@H]2C[C@@](C)(O)[C@@H](O)[C@H](C)O2)[C@H](C)[C@@H](O[C@@H]2O[C@H](C)C[C@H](N(C)Cc3ccc(-c4cn(CCCCCC(=O)NO)nn4)cc3)[C@H]2O)[C@](C)(OC)C[C@@H](C)C(=O)[C@H](C)[C@@H](O)[C@]1(C)O. The van der Waals surface area contributed by atoms with Gasteiger partial charge in [-0.2, -0.15) is 0 Å². The Morgan fingerprint density at radius 2 is 1.61 bits per heavy atom. The monoisotopic (exact) mass is 1010 g/mol. The van der Waals surface area contributed by atoms with Crippen molar-refractivity contribution in [3.63, 3.8) is 0 Å². The molecular weight excluding hydrogens is 923 g/mol. The van der Waals surface area contributed by atoms with Gasteiger partial charge in [-0.3, -0.25) is 29.2 Å². The first-order valence-electron chi connectivity index (χ1n) is 25.3. The highest BCUT2D eigenvalue weighted by Gasteiger charge is 2.54. The summed E-state index contributed by atoms with van der Waals surface area (Å²) in [4.78, 5) is 41.9. The van der Waals surface area contributed by atoms with Crippen LogP contribution < -0.4 is 5.48 Å². The van der Waals surface area contributed by atoms with Crippen molar-refractivity contribution >= 4 is 17.7 Å². The molecule has 5 rings (SSSR count). The van der Waals surface area contributed by atoms with Crippen LogP contribution in [0.4, 0.5) is 0 Å². The van der Waals surface area contributed by atoms with E-state index < -0.39 is 120 Å². The number of carbonyl (C=O) groups is 3. The first-order valence-corrected chi connectivity index (χ1v) is 25.3. The summed E-state index contributed by atoms with van der Waals surface area (Å²) < 4.78 is 40.3. The van der Waals surface area contributed by atoms with Crippen LogP contribution in [0.5, 0.6) is 0 Å². The molecule has 1 aromatic carbocycles. The van der Waals surface area contributed by atoms with Crippen molar-refractivity contribution in [3.05, 3.63) is 36.0 Å². The zero-order valence-corrected chi connectivity index (χ0v) is 43.8. The number of esters is 1. The number of ketones is 1. The molecule has 4 heterocycles. The Bertz CT molecular complexity index is 2040. The second-order valence-electron chi connectivity index (χ2n) is 21.3. The molecule has 0 aliphatic carbocycles. The third kappa shape index (κ3) is 14.0. The summed E-state index contributed by atoms with van der Waals surface area (Å²) in [6.45, 7) is 17.5. The predicted octanol–water partition coefficient (Wildman–Crippen LogP) is 3.68. The molecule has 0 spiro atoms. The van der Waals surface area contributed by atoms with Gasteiger partial charge in [-0.1, -0.05) is 63.6 Å². The van der Waals surface area contributed by atoms with Crippen LogP contribution in [0.2, 0.25) is 0 Å². The maximum absolute atomic E-state index is 14.4. The van der Waals surface area contributed by atoms with Crippen LogP contribution in [0.1, 0.15) is 126 Å². The molecule has 3 aliphatic rings. The van der Waals surface area contributed by atoms with Crippen LogP contribution in [0.15, 0.2) is 30.5 Å². The van der Waals surface area contributed by atoms with Crippen molar-refractivity contribution in [2.24, 2.45) is 23.7 Å². The largest absolute Gasteiger partial charge is 0.459 e. The molecule has 2 aromatic rings. The number of hydrogen-bond donors (Lipinski definition) is 7. The highest BCUT2D eigenvalue weighted by atomic mass is 16.7. The fourth-order valence-electron chi connectivity index (χ4n) is 10.8. The molecule has 3 fully saturated rings. The number of unbranched alkanes of at least 4 members (excludes halogenated alkanes) is 2. The highest BCUT2D eigenvalue weighted by molar-refractivity contribution is 5.83. The number of rotatable bonds is 16. The normalized spacial score (nSPS) is 38.9. The van der Waals surface area contributed by atoms with E-state index in [0.29, 0.717) is 31.6 Å². The number of aromatic nitrogens is 3. The first kappa shape index (κ1) is 58.4. The fraction of sp³-hybridized carbons (Fsp3) is 0.784. The zero-order chi connectivity index (χ0) is 52.7. The Hall–Kier alpha value is -3.51. The van der Waals surface area contributed by atoms with E-state index in [4.69, 9.17) is 33.6 Å². The van der Waals surface area contributed by atoms with Gasteiger partial charge in [-0.15, -0.1) is 5.10 Å². The van der Waals surface area contributed by atoms with Crippen LogP contribution in [-0.4, -0.2) is 167 Å². The Morgan fingerprint density at radius 1 is 0.930 bits per heavy atom. The number of carbonyl (C=O) groups excluding carboxylic acids is 3. The summed E-state index contributed by atoms with van der Waals surface area (Å²) >= 11 is 0. The third-order valence-electron chi connectivity index (χ3n) is 15.4. The number of amides is 1. The van der Waals surface area contributed by atoms with Crippen LogP contribution in [0.25, 0.3) is 11.3 Å². The lowest BCUT2D eigenvalue weighted by Gasteiger charge is -2.49. The minimum Gasteiger partial charge on any atom is -0.459 e. The number of hydroxylamine groups is 1. The number of nitrogens with one attached hydrogen (secondary N) is 1. The number of Topliss-reactive ketones (excluding diaryl/α,β-unsaturated/α-hetero) is 1. The minimum atomic E-state index is -2.02. The van der Waals surface area contributed by atoms with Crippen molar-refractivity contribution in [2.45, 2.75) is 218 Å². The standard InChI is InChI=1S/C51H83N5O15/c1-13-38-51(10,64)44(60)30(4)41(58)28(2)24-50(9,66-12)46(31(5)43(32(6)47(62)69-38)70-40-25-49(8,63)45(61)33(7)68-40)71-48-42(59)37(23-29(3)67-48)55(11)26-34-18-20-35(21-19-34)36-27-56(54-52-36)22-16-14-15-17-39(57)53-65/h18-21,27-33,37-38,40,42-46,48,59-61,63-65H,13-17,22-26H2,1-12H3,(H,53,57)/t28-,29-,30+,31+,32-,33+,37+,38-,40+,42-,43+,44-,45+,46-,48+,49-,50-,51-/m1/s1. The van der Waals surface area contributed by atoms with E-state index in [1.54, 1.807) is 51.7 Å². The van der Waals surface area contributed by atoms with Crippen molar-refractivity contribution < 1.29 is 73.5 Å². The zero-order valence-electron chi connectivity index (χ0n) is 43.8. The summed E-state index contributed by atoms with van der Waals surface area (Å²) in [5.41, 5.74) is -0.783. The van der Waals surface area contributed by atoms with Crippen molar-refractivity contribution in [3.8, 4) is 11.3 Å². The molecule has 0 radical (unpaired) electrons. The summed E-state index contributed by atoms with van der Waals surface area (Å²) in [7, 11) is 3.40. The van der Waals surface area contributed by atoms with E-state index in [9.17, 15) is 39.9 Å². The van der Waals surface area contributed by atoms with Gasteiger partial charge in [0, 0.05) is 62.4 Å². The fourth-order valence-corrected chi connectivity index (χ4v) is 10.8. The number of aliphatic hydroxyl groups excluding tert-OH is 3. The molecule has 3 aliphatic heterocycles. The molecule has 0 saturated carbocycles. The minimum absolute atomic E-state index is 0.0402. The van der Waals surface area contributed by atoms with Gasteiger partial charge in [0.05, 0.1) is 53.8 Å². The molecule has 0 unspecified atom stereocenters. The van der Waals surface area contributed by atoms with E-state index in [2.05, 4.69) is 10.3 Å². The van der Waals surface area contributed by atoms with Crippen LogP contribution in [-0.2, 0) is 55.9 Å². The Morgan fingerprint density at radius 3 is 2.23 bits per heavy atom. The van der Waals surface area contributed by atoms with E-state index in [1.807, 2.05) is 49.3 Å². The molecule has 7 N–H and O–H groups in total. The third-order valence-corrected chi connectivity index (χ3v) is 15.4. The highest BCUT2D eigenvalue weighted by Crippen LogP contribution is 2.42. The van der Waals surface area contributed by atoms with Gasteiger partial charge >= 0.3 is 5.97 Å². The van der Waals surface area contributed by atoms with Gasteiger partial charge in [0.2, 0.25) is 5.91 Å². The summed E-state index contributed by atoms with van der Waals surface area (Å²) in [6.07, 6.45) is -6.26. The van der Waals surface area contributed by atoms with E-state index >= 15 is 0 Å². The molecule has 71 heavy (non-hydrogen) atoms. The molecule has 0 bridgehead atoms. The average molecular weight is 1010 g/mol. The van der Waals surface area contributed by atoms with Gasteiger partial charge < -0.3 is 54.0 Å². The molecule has 402 valence electrons. The summed E-state index contributed by atoms with van der Waals surface area (Å²) in [5.74, 6) is -5.32. The molecule has 20 nitrogen and oxygen atoms in total. The lowest BCUT2D eigenvalue weighted by Crippen LogP contribution is -2.61. The van der Waals surface area contributed by atoms with Gasteiger partial charge in [-0.05, 0) is 86.3 Å². The summed E-state index contributed by atoms with van der Waals surface area (Å²) in [6, 6.07) is 7.47.